The topological polar surface area (TPSA) is 17.8 Å². The summed E-state index contributed by atoms with van der Waals surface area (Å²) in [7, 11) is 0. The van der Waals surface area contributed by atoms with Crippen LogP contribution in [0.5, 0.6) is 0 Å². The maximum absolute atomic E-state index is 4.49. The zero-order valence-electron chi connectivity index (χ0n) is 9.33. The fourth-order valence-electron chi connectivity index (χ4n) is 2.38. The highest BCUT2D eigenvalue weighted by atomic mass is 15.1. The number of nitrogens with zero attached hydrogens (tertiary/aromatic N) is 2. The Labute approximate surface area is 89.9 Å². The SMILES string of the molecule is CCc1c(C)ccc2ncn(C3CC3)c12. The molecule has 1 aromatic heterocycles. The van der Waals surface area contributed by atoms with Crippen molar-refractivity contribution in [2.45, 2.75) is 39.2 Å². The molecule has 0 saturated heterocycles. The van der Waals surface area contributed by atoms with E-state index < -0.39 is 0 Å². The van der Waals surface area contributed by atoms with Gasteiger partial charge in [0.15, 0.2) is 0 Å². The van der Waals surface area contributed by atoms with E-state index in [1.54, 1.807) is 0 Å². The molecule has 3 rings (SSSR count). The molecule has 0 bridgehead atoms. The second-order valence-corrected chi connectivity index (χ2v) is 4.47. The molecule has 0 spiro atoms. The summed E-state index contributed by atoms with van der Waals surface area (Å²) in [6, 6.07) is 5.05. The van der Waals surface area contributed by atoms with Gasteiger partial charge in [-0.15, -0.1) is 0 Å². The average molecular weight is 200 g/mol. The van der Waals surface area contributed by atoms with Crippen LogP contribution in [0.1, 0.15) is 36.9 Å². The minimum Gasteiger partial charge on any atom is -0.327 e. The van der Waals surface area contributed by atoms with Crippen molar-refractivity contribution in [2.24, 2.45) is 0 Å². The number of fused-ring (bicyclic) bond motifs is 1. The first-order valence-corrected chi connectivity index (χ1v) is 5.76. The second-order valence-electron chi connectivity index (χ2n) is 4.47. The molecular formula is C13H16N2. The molecule has 2 aromatic rings. The third-order valence-corrected chi connectivity index (χ3v) is 3.37. The van der Waals surface area contributed by atoms with Crippen LogP contribution >= 0.6 is 0 Å². The molecule has 15 heavy (non-hydrogen) atoms. The number of benzene rings is 1. The number of aryl methyl sites for hydroxylation is 2. The van der Waals surface area contributed by atoms with Gasteiger partial charge in [0.2, 0.25) is 0 Å². The van der Waals surface area contributed by atoms with E-state index in [1.165, 1.54) is 29.5 Å². The number of rotatable bonds is 2. The molecule has 2 heteroatoms. The highest BCUT2D eigenvalue weighted by Gasteiger charge is 2.25. The number of imidazole rings is 1. The van der Waals surface area contributed by atoms with Crippen LogP contribution in [0.25, 0.3) is 11.0 Å². The van der Waals surface area contributed by atoms with Crippen molar-refractivity contribution in [3.8, 4) is 0 Å². The van der Waals surface area contributed by atoms with Gasteiger partial charge in [0.25, 0.3) is 0 Å². The minimum atomic E-state index is 0.724. The van der Waals surface area contributed by atoms with Gasteiger partial charge in [-0.2, -0.15) is 0 Å². The Morgan fingerprint density at radius 3 is 2.87 bits per heavy atom. The molecule has 78 valence electrons. The van der Waals surface area contributed by atoms with E-state index in [9.17, 15) is 0 Å². The van der Waals surface area contributed by atoms with Crippen LogP contribution in [0, 0.1) is 6.92 Å². The van der Waals surface area contributed by atoms with Crippen molar-refractivity contribution in [2.75, 3.05) is 0 Å². The normalized spacial score (nSPS) is 16.1. The lowest BCUT2D eigenvalue weighted by Crippen LogP contribution is -1.96. The summed E-state index contributed by atoms with van der Waals surface area (Å²) in [5.74, 6) is 0. The molecule has 0 N–H and O–H groups in total. The minimum absolute atomic E-state index is 0.724. The van der Waals surface area contributed by atoms with Gasteiger partial charge in [-0.1, -0.05) is 13.0 Å². The van der Waals surface area contributed by atoms with Crippen molar-refractivity contribution in [3.63, 3.8) is 0 Å². The van der Waals surface area contributed by atoms with Gasteiger partial charge >= 0.3 is 0 Å². The highest BCUT2D eigenvalue weighted by molar-refractivity contribution is 5.80. The Balaban J connectivity index is 2.33. The Kier molecular flexibility index (Phi) is 1.84. The van der Waals surface area contributed by atoms with Crippen molar-refractivity contribution < 1.29 is 0 Å². The van der Waals surface area contributed by atoms with Gasteiger partial charge in [-0.3, -0.25) is 0 Å². The first kappa shape index (κ1) is 8.96. The van der Waals surface area contributed by atoms with Crippen molar-refractivity contribution in [3.05, 3.63) is 29.6 Å². The summed E-state index contributed by atoms with van der Waals surface area (Å²) in [4.78, 5) is 4.49. The van der Waals surface area contributed by atoms with Crippen LogP contribution in [0.2, 0.25) is 0 Å². The van der Waals surface area contributed by atoms with Gasteiger partial charge in [0.1, 0.15) is 0 Å². The van der Waals surface area contributed by atoms with E-state index in [-0.39, 0.29) is 0 Å². The number of hydrogen-bond donors (Lipinski definition) is 0. The predicted molar refractivity (Wildman–Crippen MR) is 62.1 cm³/mol. The molecule has 0 atom stereocenters. The first-order chi connectivity index (χ1) is 7.31. The number of aromatic nitrogens is 2. The Morgan fingerprint density at radius 2 is 2.20 bits per heavy atom. The van der Waals surface area contributed by atoms with Crippen LogP contribution < -0.4 is 0 Å². The van der Waals surface area contributed by atoms with Gasteiger partial charge in [0, 0.05) is 6.04 Å². The molecule has 1 fully saturated rings. The summed E-state index contributed by atoms with van der Waals surface area (Å²) >= 11 is 0. The zero-order chi connectivity index (χ0) is 10.4. The molecular weight excluding hydrogens is 184 g/mol. The van der Waals surface area contributed by atoms with Crippen LogP contribution in [-0.2, 0) is 6.42 Å². The van der Waals surface area contributed by atoms with Crippen LogP contribution in [-0.4, -0.2) is 9.55 Å². The van der Waals surface area contributed by atoms with Crippen LogP contribution in [0.3, 0.4) is 0 Å². The van der Waals surface area contributed by atoms with Gasteiger partial charge < -0.3 is 4.57 Å². The molecule has 1 aliphatic rings. The molecule has 1 aromatic carbocycles. The lowest BCUT2D eigenvalue weighted by molar-refractivity contribution is 0.762. The average Bonchev–Trinajstić information content (AvgIpc) is 2.99. The van der Waals surface area contributed by atoms with Crippen molar-refractivity contribution in [1.82, 2.24) is 9.55 Å². The Bertz CT molecular complexity index is 506. The fraction of sp³-hybridized carbons (Fsp3) is 0.462. The monoisotopic (exact) mass is 200 g/mol. The number of hydrogen-bond acceptors (Lipinski definition) is 1. The van der Waals surface area contributed by atoms with E-state index in [0.29, 0.717) is 0 Å². The van der Waals surface area contributed by atoms with Gasteiger partial charge in [0.05, 0.1) is 17.4 Å². The van der Waals surface area contributed by atoms with E-state index in [1.807, 2.05) is 6.33 Å². The van der Waals surface area contributed by atoms with Crippen molar-refractivity contribution in [1.29, 1.82) is 0 Å². The summed E-state index contributed by atoms with van der Waals surface area (Å²) in [5.41, 5.74) is 5.40. The van der Waals surface area contributed by atoms with Crippen molar-refractivity contribution >= 4 is 11.0 Å². The Morgan fingerprint density at radius 1 is 1.40 bits per heavy atom. The van der Waals surface area contributed by atoms with Crippen LogP contribution in [0.15, 0.2) is 18.5 Å². The summed E-state index contributed by atoms with van der Waals surface area (Å²) < 4.78 is 2.38. The third-order valence-electron chi connectivity index (χ3n) is 3.37. The molecule has 1 heterocycles. The second kappa shape index (κ2) is 3.09. The van der Waals surface area contributed by atoms with Gasteiger partial charge in [-0.25, -0.2) is 4.98 Å². The van der Waals surface area contributed by atoms with E-state index in [2.05, 4.69) is 35.5 Å². The van der Waals surface area contributed by atoms with E-state index in [0.717, 1.165) is 18.0 Å². The van der Waals surface area contributed by atoms with Crippen LogP contribution in [0.4, 0.5) is 0 Å². The quantitative estimate of drug-likeness (QED) is 0.727. The maximum atomic E-state index is 4.49. The molecule has 1 aliphatic carbocycles. The third kappa shape index (κ3) is 1.28. The van der Waals surface area contributed by atoms with Gasteiger partial charge in [-0.05, 0) is 43.4 Å². The predicted octanol–water partition coefficient (Wildman–Crippen LogP) is 3.24. The molecule has 0 aliphatic heterocycles. The van der Waals surface area contributed by atoms with E-state index >= 15 is 0 Å². The van der Waals surface area contributed by atoms with E-state index in [4.69, 9.17) is 0 Å². The zero-order valence-corrected chi connectivity index (χ0v) is 9.33. The molecule has 0 unspecified atom stereocenters. The standard InChI is InChI=1S/C13H16N2/c1-3-11-9(2)4-7-12-13(11)15(8-14-12)10-5-6-10/h4,7-8,10H,3,5-6H2,1-2H3. The molecule has 1 saturated carbocycles. The summed E-state index contributed by atoms with van der Waals surface area (Å²) in [6.45, 7) is 4.43. The lowest BCUT2D eigenvalue weighted by atomic mass is 10.0. The summed E-state index contributed by atoms with van der Waals surface area (Å²) in [5, 5.41) is 0. The first-order valence-electron chi connectivity index (χ1n) is 5.76. The molecule has 0 radical (unpaired) electrons. The lowest BCUT2D eigenvalue weighted by Gasteiger charge is -2.08. The molecule has 0 amide bonds. The Hall–Kier alpha value is -1.31. The maximum Gasteiger partial charge on any atom is 0.0961 e. The highest BCUT2D eigenvalue weighted by Crippen LogP contribution is 2.38. The summed E-state index contributed by atoms with van der Waals surface area (Å²) in [6.07, 6.45) is 5.76. The smallest absolute Gasteiger partial charge is 0.0961 e. The fourth-order valence-corrected chi connectivity index (χ4v) is 2.38. The largest absolute Gasteiger partial charge is 0.327 e. The molecule has 2 nitrogen and oxygen atoms in total.